The normalized spacial score (nSPS) is 11.0. The highest BCUT2D eigenvalue weighted by molar-refractivity contribution is 7.20. The minimum absolute atomic E-state index is 0.00742. The van der Waals surface area contributed by atoms with Crippen molar-refractivity contribution in [1.82, 2.24) is 9.97 Å². The van der Waals surface area contributed by atoms with Gasteiger partial charge in [0.15, 0.2) is 0 Å². The van der Waals surface area contributed by atoms with E-state index in [9.17, 15) is 9.59 Å². The fourth-order valence-corrected chi connectivity index (χ4v) is 4.17. The molecule has 0 fully saturated rings. The molecule has 0 unspecified atom stereocenters. The van der Waals surface area contributed by atoms with Crippen molar-refractivity contribution in [2.24, 2.45) is 5.92 Å². The molecule has 3 rings (SSSR count). The van der Waals surface area contributed by atoms with Crippen LogP contribution in [0, 0.1) is 12.8 Å². The van der Waals surface area contributed by atoms with Crippen LogP contribution in [0.25, 0.3) is 10.2 Å². The Labute approximate surface area is 179 Å². The molecule has 0 aliphatic carbocycles. The van der Waals surface area contributed by atoms with Crippen LogP contribution in [-0.2, 0) is 16.1 Å². The van der Waals surface area contributed by atoms with Crippen LogP contribution >= 0.6 is 11.3 Å². The van der Waals surface area contributed by atoms with E-state index in [1.807, 2.05) is 45.0 Å². The van der Waals surface area contributed by atoms with Crippen LogP contribution in [0.2, 0.25) is 0 Å². The third-order valence-corrected chi connectivity index (χ3v) is 5.63. The molecule has 2 heterocycles. The van der Waals surface area contributed by atoms with Gasteiger partial charge in [-0.15, -0.1) is 11.3 Å². The van der Waals surface area contributed by atoms with E-state index in [-0.39, 0.29) is 11.9 Å². The average molecular weight is 427 g/mol. The zero-order valence-corrected chi connectivity index (χ0v) is 18.4. The van der Waals surface area contributed by atoms with Crippen molar-refractivity contribution in [3.05, 3.63) is 46.6 Å². The van der Waals surface area contributed by atoms with Gasteiger partial charge in [0.25, 0.3) is 0 Å². The second kappa shape index (κ2) is 9.67. The molecule has 8 heteroatoms. The molecule has 0 bridgehead atoms. The summed E-state index contributed by atoms with van der Waals surface area (Å²) in [5, 5.41) is 7.09. The van der Waals surface area contributed by atoms with Gasteiger partial charge in [0.1, 0.15) is 21.9 Å². The molecule has 2 N–H and O–H groups in total. The predicted molar refractivity (Wildman–Crippen MR) is 120 cm³/mol. The van der Waals surface area contributed by atoms with Crippen molar-refractivity contribution in [2.75, 3.05) is 17.2 Å². The Morgan fingerprint density at radius 1 is 1.23 bits per heavy atom. The highest BCUT2D eigenvalue weighted by Crippen LogP contribution is 2.33. The van der Waals surface area contributed by atoms with E-state index in [1.54, 1.807) is 6.92 Å². The Morgan fingerprint density at radius 2 is 2.03 bits per heavy atom. The number of hydrogen-bond acceptors (Lipinski definition) is 7. The molecule has 2 aromatic heterocycles. The van der Waals surface area contributed by atoms with Gasteiger partial charge in [0.2, 0.25) is 5.91 Å². The molecule has 0 saturated carbocycles. The zero-order valence-electron chi connectivity index (χ0n) is 17.6. The predicted octanol–water partition coefficient (Wildman–Crippen LogP) is 4.77. The number of carbonyl (C=O) groups is 2. The molecule has 0 aliphatic heterocycles. The Hall–Kier alpha value is -3.00. The Morgan fingerprint density at radius 3 is 2.77 bits per heavy atom. The number of esters is 1. The summed E-state index contributed by atoms with van der Waals surface area (Å²) < 4.78 is 5.14. The van der Waals surface area contributed by atoms with Crippen LogP contribution < -0.4 is 10.6 Å². The Bertz CT molecular complexity index is 1060. The number of benzene rings is 1. The van der Waals surface area contributed by atoms with E-state index in [0.29, 0.717) is 36.2 Å². The third-order valence-electron chi connectivity index (χ3n) is 4.45. The first-order chi connectivity index (χ1) is 14.4. The molecule has 3 aromatic rings. The van der Waals surface area contributed by atoms with E-state index in [4.69, 9.17) is 4.74 Å². The molecule has 7 nitrogen and oxygen atoms in total. The van der Waals surface area contributed by atoms with Gasteiger partial charge < -0.3 is 15.4 Å². The lowest BCUT2D eigenvalue weighted by molar-refractivity contribution is -0.116. The number of aromatic nitrogens is 2. The van der Waals surface area contributed by atoms with Crippen molar-refractivity contribution < 1.29 is 14.3 Å². The molecule has 30 heavy (non-hydrogen) atoms. The number of ether oxygens (including phenoxy) is 1. The van der Waals surface area contributed by atoms with Gasteiger partial charge in [-0.1, -0.05) is 26.0 Å². The second-order valence-corrected chi connectivity index (χ2v) is 8.38. The summed E-state index contributed by atoms with van der Waals surface area (Å²) in [6.07, 6.45) is 1.97. The maximum absolute atomic E-state index is 12.2. The summed E-state index contributed by atoms with van der Waals surface area (Å²) >= 11 is 1.31. The number of thiophene rings is 1. The second-order valence-electron chi connectivity index (χ2n) is 7.38. The van der Waals surface area contributed by atoms with Crippen molar-refractivity contribution >= 4 is 44.9 Å². The van der Waals surface area contributed by atoms with Crippen LogP contribution in [0.15, 0.2) is 30.6 Å². The minimum Gasteiger partial charge on any atom is -0.462 e. The third kappa shape index (κ3) is 5.13. The standard InChI is InChI=1S/C22H26N4O3S/c1-5-29-22(28)19-14(4)18-20(24-12-25-21(18)30-19)23-11-15-7-6-8-16(10-15)26-17(27)9-13(2)3/h6-8,10,12-13H,5,9,11H2,1-4H3,(H,26,27)(H,23,24,25). The first kappa shape index (κ1) is 21.7. The molecule has 158 valence electrons. The van der Waals surface area contributed by atoms with E-state index in [0.717, 1.165) is 27.0 Å². The summed E-state index contributed by atoms with van der Waals surface area (Å²) in [6, 6.07) is 7.70. The van der Waals surface area contributed by atoms with Crippen LogP contribution in [0.1, 0.15) is 48.0 Å². The number of carbonyl (C=O) groups excluding carboxylic acids is 2. The maximum atomic E-state index is 12.2. The molecule has 0 saturated heterocycles. The minimum atomic E-state index is -0.339. The number of rotatable bonds is 8. The quantitative estimate of drug-likeness (QED) is 0.504. The lowest BCUT2D eigenvalue weighted by Gasteiger charge is -2.10. The highest BCUT2D eigenvalue weighted by atomic mass is 32.1. The molecular formula is C22H26N4O3S. The number of fused-ring (bicyclic) bond motifs is 1. The van der Waals surface area contributed by atoms with E-state index in [1.165, 1.54) is 17.7 Å². The first-order valence-corrected chi connectivity index (χ1v) is 10.7. The SMILES string of the molecule is CCOC(=O)c1sc2ncnc(NCc3cccc(NC(=O)CC(C)C)c3)c2c1C. The van der Waals surface area contributed by atoms with Crippen molar-refractivity contribution in [3.8, 4) is 0 Å². The van der Waals surface area contributed by atoms with E-state index in [2.05, 4.69) is 20.6 Å². The van der Waals surface area contributed by atoms with Crippen LogP contribution in [-0.4, -0.2) is 28.5 Å². The molecule has 1 aromatic carbocycles. The van der Waals surface area contributed by atoms with Crippen molar-refractivity contribution in [3.63, 3.8) is 0 Å². The molecule has 0 radical (unpaired) electrons. The molecular weight excluding hydrogens is 400 g/mol. The van der Waals surface area contributed by atoms with Crippen LogP contribution in [0.3, 0.4) is 0 Å². The summed E-state index contributed by atoms with van der Waals surface area (Å²) in [4.78, 5) is 34.2. The number of nitrogens with one attached hydrogen (secondary N) is 2. The van der Waals surface area contributed by atoms with Gasteiger partial charge in [0.05, 0.1) is 12.0 Å². The summed E-state index contributed by atoms with van der Waals surface area (Å²) in [5.74, 6) is 0.642. The van der Waals surface area contributed by atoms with Crippen LogP contribution in [0.4, 0.5) is 11.5 Å². The number of amides is 1. The Balaban J connectivity index is 1.77. The van der Waals surface area contributed by atoms with Gasteiger partial charge >= 0.3 is 5.97 Å². The van der Waals surface area contributed by atoms with E-state index >= 15 is 0 Å². The van der Waals surface area contributed by atoms with Crippen LogP contribution in [0.5, 0.6) is 0 Å². The molecule has 0 spiro atoms. The first-order valence-electron chi connectivity index (χ1n) is 9.92. The monoisotopic (exact) mass is 426 g/mol. The lowest BCUT2D eigenvalue weighted by atomic mass is 10.1. The van der Waals surface area contributed by atoms with Crippen molar-refractivity contribution in [2.45, 2.75) is 40.7 Å². The summed E-state index contributed by atoms with van der Waals surface area (Å²) in [5.41, 5.74) is 2.58. The van der Waals surface area contributed by atoms with Gasteiger partial charge in [-0.25, -0.2) is 14.8 Å². The Kier molecular flexibility index (Phi) is 6.99. The average Bonchev–Trinajstić information content (AvgIpc) is 3.03. The van der Waals surface area contributed by atoms with Crippen molar-refractivity contribution in [1.29, 1.82) is 0 Å². The van der Waals surface area contributed by atoms with Gasteiger partial charge in [-0.3, -0.25) is 4.79 Å². The van der Waals surface area contributed by atoms with E-state index < -0.39 is 0 Å². The summed E-state index contributed by atoms with van der Waals surface area (Å²) in [7, 11) is 0. The van der Waals surface area contributed by atoms with Gasteiger partial charge in [-0.05, 0) is 43.0 Å². The fourth-order valence-electron chi connectivity index (χ4n) is 3.12. The molecule has 0 aliphatic rings. The smallest absolute Gasteiger partial charge is 0.348 e. The highest BCUT2D eigenvalue weighted by Gasteiger charge is 2.20. The largest absolute Gasteiger partial charge is 0.462 e. The number of anilines is 2. The topological polar surface area (TPSA) is 93.2 Å². The number of nitrogens with zero attached hydrogens (tertiary/aromatic N) is 2. The fraction of sp³-hybridized carbons (Fsp3) is 0.364. The lowest BCUT2D eigenvalue weighted by Crippen LogP contribution is -2.14. The summed E-state index contributed by atoms with van der Waals surface area (Å²) in [6.45, 7) is 8.54. The van der Waals surface area contributed by atoms with Gasteiger partial charge in [0, 0.05) is 18.7 Å². The number of aryl methyl sites for hydroxylation is 1. The maximum Gasteiger partial charge on any atom is 0.348 e. The zero-order chi connectivity index (χ0) is 21.7. The molecule has 1 amide bonds. The number of hydrogen-bond donors (Lipinski definition) is 2. The molecule has 0 atom stereocenters. The van der Waals surface area contributed by atoms with Gasteiger partial charge in [-0.2, -0.15) is 0 Å².